The van der Waals surface area contributed by atoms with Crippen molar-refractivity contribution in [2.75, 3.05) is 20.3 Å². The summed E-state index contributed by atoms with van der Waals surface area (Å²) in [5.41, 5.74) is 0. The molecule has 7 saturated heterocycles. The number of rotatable bonds is 37. The average Bonchev–Trinajstić information content (AvgIpc) is 0.763. The van der Waals surface area contributed by atoms with Gasteiger partial charge in [-0.25, -0.2) is 0 Å². The fraction of sp³-hybridized carbons (Fsp3) is 0.970. The van der Waals surface area contributed by atoms with Crippen LogP contribution in [0.15, 0.2) is 0 Å². The molecule has 18 N–H and O–H groups in total. The Labute approximate surface area is 598 Å². The third-order valence-corrected chi connectivity index (χ3v) is 20.3. The zero-order chi connectivity index (χ0) is 75.8. The molecule has 7 rings (SSSR count). The van der Waals surface area contributed by atoms with Crippen molar-refractivity contribution in [3.63, 3.8) is 0 Å². The van der Waals surface area contributed by atoms with Crippen molar-refractivity contribution >= 4 is 11.9 Å². The predicted molar refractivity (Wildman–Crippen MR) is 345 cm³/mol. The van der Waals surface area contributed by atoms with E-state index in [1.165, 1.54) is 41.7 Å². The van der Waals surface area contributed by atoms with Crippen molar-refractivity contribution < 1.29 is 177 Å². The Hall–Kier alpha value is -2.34. The topological polar surface area (TPSA) is 546 Å². The molecule has 0 aromatic carbocycles. The molecular formula is C67H118O36. The van der Waals surface area contributed by atoms with Gasteiger partial charge in [-0.15, -0.1) is 0 Å². The Morgan fingerprint density at radius 3 is 1.16 bits per heavy atom. The minimum atomic E-state index is -2.17. The highest BCUT2D eigenvalue weighted by atomic mass is 16.8. The van der Waals surface area contributed by atoms with Crippen molar-refractivity contribution in [2.24, 2.45) is 0 Å². The molecule has 103 heavy (non-hydrogen) atoms. The first-order valence-electron chi connectivity index (χ1n) is 36.4. The summed E-state index contributed by atoms with van der Waals surface area (Å²) in [7, 11) is 1.25. The summed E-state index contributed by atoms with van der Waals surface area (Å²) in [5.74, 6) is -1.53. The number of esters is 2. The van der Waals surface area contributed by atoms with Crippen LogP contribution in [0.4, 0.5) is 0 Å². The molecule has 7 aliphatic heterocycles. The van der Waals surface area contributed by atoms with Crippen LogP contribution in [0.25, 0.3) is 0 Å². The maximum atomic E-state index is 14.8. The Kier molecular flexibility index (Phi) is 35.5. The third-order valence-electron chi connectivity index (χ3n) is 20.3. The molecule has 7 fully saturated rings. The smallest absolute Gasteiger partial charge is 0.308 e. The quantitative estimate of drug-likeness (QED) is 0.0205. The minimum absolute atomic E-state index is 0.0982. The standard InChI is InChI=1S/C67H118O36/c1-9-19-34(94-61-52(85)46(79)40(73)28(3)89-61)23-17-14-18-24-38(71)98-60-59(103-66-57(50(83)44(77)37(27-69)97-66)100-63-54(87)48(81)42(75)30(5)91-63)55(99-62-53(86)47(80)41(74)29(4)90-62)32(7)93-67(60)102-58-51(84)45(78)36(26-68)96-65(58)101-56-49(82)43(76)31(6)92-64(56)95-35(20-10-2)22-16-13-11-12-15-21-33(70)25-39(72)88-8/h28-37,40-70,73-87H,9-27H2,1-8H3/t28-,29-,30-,31-,32-,33-,34-,35-,36+,37-,40-,41+,42-,43+,44-,45+,46+,47+,48+,49+,50+,51-,52-,53-,54-,55-,56-,57-,58+,59+,60+,61+,62+,63+,64+,65-,66+,67+/m0/s1. The van der Waals surface area contributed by atoms with Crippen molar-refractivity contribution in [1.29, 1.82) is 0 Å². The molecular weight excluding hydrogens is 1380 g/mol. The zero-order valence-electron chi connectivity index (χ0n) is 59.8. The van der Waals surface area contributed by atoms with E-state index in [9.17, 15) is 102 Å². The number of carbonyl (C=O) groups excluding carboxylic acids is 2. The molecule has 0 aliphatic carbocycles. The highest BCUT2D eigenvalue weighted by Gasteiger charge is 2.60. The van der Waals surface area contributed by atoms with Crippen LogP contribution < -0.4 is 0 Å². The second-order valence-corrected chi connectivity index (χ2v) is 28.3. The SMILES string of the molecule is CCC[C@@H](CCCCCC(=O)O[C@H]1[C@@H](O[C@H]2[C@H](O[C@@H]3[C@@H](O[C@@H](CCC)CCCCCCC[C@H](O)CC(=O)OC)O[C@@H](C)[C@@H](O)[C@H]3O)O[C@H](CO)[C@@H](O)[C@@H]2O)O[C@@H](C)[C@H](O[C@H]2O[C@@H](C)[C@@H](O)[C@@H](O)[C@@H]2O)[C@H]1O[C@H]1O[C@@H](CO)[C@H](O)[C@@H](O)[C@@H]1O[C@H]1O[C@@H](C)[C@H](O)[C@@H](O)[C@@H]1O)O[C@H]1O[C@@H](C)[C@H](O)[C@@H](O)[C@@H]1O. The molecule has 36 heteroatoms. The monoisotopic (exact) mass is 1500 g/mol. The van der Waals surface area contributed by atoms with Crippen LogP contribution in [0, 0.1) is 0 Å². The van der Waals surface area contributed by atoms with Gasteiger partial charge in [-0.05, 0) is 73.1 Å². The summed E-state index contributed by atoms with van der Waals surface area (Å²) in [6, 6.07) is 0. The van der Waals surface area contributed by atoms with Gasteiger partial charge >= 0.3 is 11.9 Å². The van der Waals surface area contributed by atoms with Crippen LogP contribution in [0.3, 0.4) is 0 Å². The maximum absolute atomic E-state index is 14.8. The summed E-state index contributed by atoms with van der Waals surface area (Å²) in [4.78, 5) is 26.4. The molecule has 0 saturated carbocycles. The summed E-state index contributed by atoms with van der Waals surface area (Å²) in [6.07, 6.45) is -55.8. The highest BCUT2D eigenvalue weighted by molar-refractivity contribution is 5.70. The number of aliphatic hydroxyl groups excluding tert-OH is 18. The van der Waals surface area contributed by atoms with Crippen molar-refractivity contribution in [3.05, 3.63) is 0 Å². The van der Waals surface area contributed by atoms with Gasteiger partial charge in [-0.3, -0.25) is 9.59 Å². The van der Waals surface area contributed by atoms with E-state index >= 15 is 0 Å². The molecule has 0 aromatic rings. The lowest BCUT2D eigenvalue weighted by Crippen LogP contribution is -2.69. The molecule has 0 bridgehead atoms. The van der Waals surface area contributed by atoms with Crippen LogP contribution in [0.2, 0.25) is 0 Å². The molecule has 38 atom stereocenters. The van der Waals surface area contributed by atoms with Crippen LogP contribution in [0.1, 0.15) is 158 Å². The summed E-state index contributed by atoms with van der Waals surface area (Å²) < 4.78 is 98.2. The number of ether oxygens (including phenoxy) is 16. The normalized spacial score (nSPS) is 44.2. The number of aliphatic hydroxyl groups is 18. The van der Waals surface area contributed by atoms with Crippen LogP contribution in [-0.2, 0) is 85.4 Å². The maximum Gasteiger partial charge on any atom is 0.308 e. The Bertz CT molecular complexity index is 2450. The second kappa shape index (κ2) is 41.6. The molecule has 7 heterocycles. The Balaban J connectivity index is 1.22. The van der Waals surface area contributed by atoms with E-state index in [0.717, 1.165) is 19.3 Å². The van der Waals surface area contributed by atoms with E-state index in [1.54, 1.807) is 0 Å². The van der Waals surface area contributed by atoms with Crippen molar-refractivity contribution in [2.45, 2.75) is 391 Å². The molecule has 0 aromatic heterocycles. The van der Waals surface area contributed by atoms with Gasteiger partial charge in [0.15, 0.2) is 50.1 Å². The van der Waals surface area contributed by atoms with E-state index in [2.05, 4.69) is 4.74 Å². The minimum Gasteiger partial charge on any atom is -0.469 e. The first-order chi connectivity index (χ1) is 48.9. The van der Waals surface area contributed by atoms with Gasteiger partial charge in [0.05, 0.1) is 75.6 Å². The van der Waals surface area contributed by atoms with Gasteiger partial charge in [-0.2, -0.15) is 0 Å². The first kappa shape index (κ1) is 87.9. The van der Waals surface area contributed by atoms with E-state index in [4.69, 9.17) is 71.1 Å². The fourth-order valence-electron chi connectivity index (χ4n) is 13.9. The van der Waals surface area contributed by atoms with E-state index < -0.39 is 265 Å². The lowest BCUT2D eigenvalue weighted by molar-refractivity contribution is -0.414. The number of hydrogen-bond donors (Lipinski definition) is 18. The summed E-state index contributed by atoms with van der Waals surface area (Å²) >= 11 is 0. The van der Waals surface area contributed by atoms with Crippen LogP contribution in [0.5, 0.6) is 0 Å². The van der Waals surface area contributed by atoms with Crippen molar-refractivity contribution in [3.8, 4) is 0 Å². The van der Waals surface area contributed by atoms with E-state index in [0.29, 0.717) is 70.6 Å². The van der Waals surface area contributed by atoms with E-state index in [-0.39, 0.29) is 12.8 Å². The number of methoxy groups -OCH3 is 1. The molecule has 36 nitrogen and oxygen atoms in total. The van der Waals surface area contributed by atoms with Gasteiger partial charge in [-0.1, -0.05) is 71.6 Å². The summed E-state index contributed by atoms with van der Waals surface area (Å²) in [5, 5.41) is 199. The lowest BCUT2D eigenvalue weighted by atomic mass is 9.95. The number of hydrogen-bond acceptors (Lipinski definition) is 36. The van der Waals surface area contributed by atoms with Gasteiger partial charge < -0.3 is 168 Å². The van der Waals surface area contributed by atoms with Gasteiger partial charge in [0, 0.05) is 6.42 Å². The molecule has 0 radical (unpaired) electrons. The Morgan fingerprint density at radius 2 is 0.689 bits per heavy atom. The molecule has 0 unspecified atom stereocenters. The largest absolute Gasteiger partial charge is 0.469 e. The fourth-order valence-corrected chi connectivity index (χ4v) is 13.9. The predicted octanol–water partition coefficient (Wildman–Crippen LogP) is -4.63. The van der Waals surface area contributed by atoms with Gasteiger partial charge in [0.2, 0.25) is 0 Å². The van der Waals surface area contributed by atoms with Gasteiger partial charge in [0.1, 0.15) is 134 Å². The first-order valence-corrected chi connectivity index (χ1v) is 36.4. The molecule has 602 valence electrons. The van der Waals surface area contributed by atoms with Crippen LogP contribution in [-0.4, -0.2) is 357 Å². The molecule has 7 aliphatic rings. The highest BCUT2D eigenvalue weighted by Crippen LogP contribution is 2.40. The number of carbonyl (C=O) groups is 2. The van der Waals surface area contributed by atoms with Gasteiger partial charge in [0.25, 0.3) is 0 Å². The Morgan fingerprint density at radius 1 is 0.340 bits per heavy atom. The van der Waals surface area contributed by atoms with Crippen LogP contribution >= 0.6 is 0 Å². The lowest BCUT2D eigenvalue weighted by Gasteiger charge is -2.51. The second-order valence-electron chi connectivity index (χ2n) is 28.3. The third kappa shape index (κ3) is 22.9. The zero-order valence-corrected chi connectivity index (χ0v) is 59.8. The molecule has 0 spiro atoms. The molecule has 0 amide bonds. The number of unbranched alkanes of at least 4 members (excludes halogenated alkanes) is 6. The average molecular weight is 1500 g/mol. The van der Waals surface area contributed by atoms with E-state index in [1.807, 2.05) is 13.8 Å². The summed E-state index contributed by atoms with van der Waals surface area (Å²) in [6.45, 7) is 8.90. The van der Waals surface area contributed by atoms with Crippen molar-refractivity contribution in [1.82, 2.24) is 0 Å².